The zero-order valence-corrected chi connectivity index (χ0v) is 25.7. The Morgan fingerprint density at radius 3 is 2.22 bits per heavy atom. The standard InChI is InChI=1S/C20H22F2N10O9P2S2/c21-8-6-1-36-42(34,44)40-12-7(39-18(9(12)22)31-4-27-10-14(23)25-3-26-15(10)31)2-37-43(35,45)41-13(8)19(38-6)32-5-28-11-16(32)29-20(24)30-17(11)33/h3-9,12-13,18-19H,1-2H2,(H,34,44)(H,35,45)(H2,23,25,26)(H3,24,29,30,33)/t6-,7-,8+,9+,12-,13-,18-,19-,42?,43?/m1/s1. The molecule has 0 amide bonds. The third-order valence-electron chi connectivity index (χ3n) is 7.23. The van der Waals surface area contributed by atoms with Gasteiger partial charge in [-0.25, -0.2) is 28.7 Å². The summed E-state index contributed by atoms with van der Waals surface area (Å²) in [5, 5.41) is 0. The predicted octanol–water partition coefficient (Wildman–Crippen LogP) is -0.154. The van der Waals surface area contributed by atoms with E-state index in [1.807, 2.05) is 0 Å². The molecule has 0 radical (unpaired) electrons. The zero-order valence-electron chi connectivity index (χ0n) is 22.3. The molecule has 0 saturated carbocycles. The number of H-pyrrole nitrogens is 1. The molecule has 3 aliphatic heterocycles. The van der Waals surface area contributed by atoms with Crippen molar-refractivity contribution >= 4 is 71.1 Å². The van der Waals surface area contributed by atoms with Crippen LogP contribution in [0.4, 0.5) is 20.5 Å². The molecule has 7 N–H and O–H groups in total. The monoisotopic (exact) mass is 710 g/mol. The Labute approximate surface area is 259 Å². The molecule has 7 heterocycles. The van der Waals surface area contributed by atoms with E-state index in [0.29, 0.717) is 0 Å². The first-order valence-corrected chi connectivity index (χ1v) is 18.1. The van der Waals surface area contributed by atoms with Gasteiger partial charge < -0.3 is 39.8 Å². The summed E-state index contributed by atoms with van der Waals surface area (Å²) in [6, 6.07) is 0. The van der Waals surface area contributed by atoms with E-state index < -0.39 is 81.4 Å². The highest BCUT2D eigenvalue weighted by molar-refractivity contribution is 8.07. The molecule has 3 aliphatic rings. The quantitative estimate of drug-likeness (QED) is 0.169. The van der Waals surface area contributed by atoms with Gasteiger partial charge in [-0.05, 0) is 23.6 Å². The number of nitrogens with two attached hydrogens (primary N) is 2. The Balaban J connectivity index is 1.21. The lowest BCUT2D eigenvalue weighted by atomic mass is 10.1. The molecular weight excluding hydrogens is 688 g/mol. The summed E-state index contributed by atoms with van der Waals surface area (Å²) in [4.78, 5) is 56.6. The number of hydrogen-bond donors (Lipinski definition) is 5. The first kappa shape index (κ1) is 31.0. The van der Waals surface area contributed by atoms with Gasteiger partial charge in [0.15, 0.2) is 47.4 Å². The van der Waals surface area contributed by atoms with E-state index in [0.717, 1.165) is 17.2 Å². The molecule has 19 nitrogen and oxygen atoms in total. The minimum Gasteiger partial charge on any atom is -0.382 e. The van der Waals surface area contributed by atoms with Crippen molar-refractivity contribution < 1.29 is 46.1 Å². The van der Waals surface area contributed by atoms with Crippen molar-refractivity contribution in [2.75, 3.05) is 24.7 Å². The van der Waals surface area contributed by atoms with Crippen LogP contribution in [-0.2, 0) is 51.2 Å². The predicted molar refractivity (Wildman–Crippen MR) is 155 cm³/mol. The number of aromatic amines is 1. The van der Waals surface area contributed by atoms with Crippen molar-refractivity contribution in [2.24, 2.45) is 0 Å². The molecule has 4 aromatic heterocycles. The normalized spacial score (nSPS) is 37.7. The summed E-state index contributed by atoms with van der Waals surface area (Å²) in [7, 11) is 0. The molecule has 2 unspecified atom stereocenters. The minimum absolute atomic E-state index is 0.0442. The van der Waals surface area contributed by atoms with E-state index in [9.17, 15) is 14.6 Å². The molecule has 25 heteroatoms. The highest BCUT2D eigenvalue weighted by Gasteiger charge is 2.53. The van der Waals surface area contributed by atoms with Crippen LogP contribution in [0.15, 0.2) is 23.8 Å². The molecule has 10 atom stereocenters. The first-order valence-electron chi connectivity index (χ1n) is 12.9. The van der Waals surface area contributed by atoms with Crippen molar-refractivity contribution in [1.82, 2.24) is 39.0 Å². The molecule has 242 valence electrons. The minimum atomic E-state index is -4.35. The highest BCUT2D eigenvalue weighted by atomic mass is 32.5. The first-order chi connectivity index (χ1) is 21.3. The maximum atomic E-state index is 16.0. The summed E-state index contributed by atoms with van der Waals surface area (Å²) >= 11 is 10.3. The number of nitrogens with one attached hydrogen (secondary N) is 1. The molecule has 3 fully saturated rings. The van der Waals surface area contributed by atoms with Gasteiger partial charge in [0.1, 0.15) is 36.3 Å². The Morgan fingerprint density at radius 2 is 1.49 bits per heavy atom. The van der Waals surface area contributed by atoms with Crippen molar-refractivity contribution in [3.05, 3.63) is 29.3 Å². The Bertz CT molecular complexity index is 1950. The topological polar surface area (TPSA) is 255 Å². The molecule has 0 spiro atoms. The second-order valence-electron chi connectivity index (χ2n) is 10.0. The van der Waals surface area contributed by atoms with E-state index in [1.165, 1.54) is 10.9 Å². The van der Waals surface area contributed by atoms with Gasteiger partial charge in [0, 0.05) is 0 Å². The number of rotatable bonds is 2. The largest absolute Gasteiger partial charge is 0.382 e. The summed E-state index contributed by atoms with van der Waals surface area (Å²) in [5.74, 6) is -0.213. The third kappa shape index (κ3) is 5.55. The Morgan fingerprint density at radius 1 is 0.867 bits per heavy atom. The molecule has 7 rings (SSSR count). The second kappa shape index (κ2) is 11.2. The third-order valence-corrected chi connectivity index (χ3v) is 10.4. The summed E-state index contributed by atoms with van der Waals surface area (Å²) in [6.07, 6.45) is -9.65. The fourth-order valence-electron chi connectivity index (χ4n) is 5.23. The molecule has 2 bridgehead atoms. The van der Waals surface area contributed by atoms with Gasteiger partial charge in [-0.2, -0.15) is 4.98 Å². The van der Waals surface area contributed by atoms with Gasteiger partial charge in [0.25, 0.3) is 5.56 Å². The highest BCUT2D eigenvalue weighted by Crippen LogP contribution is 2.54. The number of imidazole rings is 2. The van der Waals surface area contributed by atoms with Crippen LogP contribution < -0.4 is 17.0 Å². The van der Waals surface area contributed by atoms with Gasteiger partial charge in [-0.3, -0.25) is 28.0 Å². The number of anilines is 2. The smallest absolute Gasteiger partial charge is 0.325 e. The number of halogens is 2. The Hall–Kier alpha value is -2.66. The van der Waals surface area contributed by atoms with Gasteiger partial charge in [-0.15, -0.1) is 0 Å². The van der Waals surface area contributed by atoms with Crippen LogP contribution >= 0.6 is 13.4 Å². The lowest BCUT2D eigenvalue weighted by Gasteiger charge is -2.27. The van der Waals surface area contributed by atoms with Crippen LogP contribution in [0.5, 0.6) is 0 Å². The van der Waals surface area contributed by atoms with Gasteiger partial charge >= 0.3 is 13.4 Å². The molecule has 45 heavy (non-hydrogen) atoms. The molecule has 4 aromatic rings. The summed E-state index contributed by atoms with van der Waals surface area (Å²) < 4.78 is 67.9. The van der Waals surface area contributed by atoms with E-state index in [-0.39, 0.29) is 34.1 Å². The zero-order chi connectivity index (χ0) is 31.8. The maximum absolute atomic E-state index is 16.0. The molecule has 3 saturated heterocycles. The second-order valence-corrected chi connectivity index (χ2v) is 15.6. The van der Waals surface area contributed by atoms with Crippen LogP contribution in [0.2, 0.25) is 0 Å². The number of fused-ring (bicyclic) bond motifs is 5. The van der Waals surface area contributed by atoms with Crippen LogP contribution in [0.1, 0.15) is 12.5 Å². The maximum Gasteiger partial charge on any atom is 0.325 e. The van der Waals surface area contributed by atoms with E-state index in [1.54, 1.807) is 0 Å². The molecule has 0 aliphatic carbocycles. The lowest BCUT2D eigenvalue weighted by Crippen LogP contribution is -2.34. The van der Waals surface area contributed by atoms with Crippen molar-refractivity contribution in [2.45, 2.75) is 49.2 Å². The van der Waals surface area contributed by atoms with Gasteiger partial charge in [0.2, 0.25) is 5.95 Å². The van der Waals surface area contributed by atoms with Crippen LogP contribution in [0.3, 0.4) is 0 Å². The van der Waals surface area contributed by atoms with Gasteiger partial charge in [-0.1, -0.05) is 0 Å². The summed E-state index contributed by atoms with van der Waals surface area (Å²) in [6.45, 7) is -10.0. The SMILES string of the molecule is Nc1nc2c(ncn2[C@@H]2O[C@@H]3COP(O)(=S)O[C@H]4[C@H](F)[C@H](n5cnc6c(N)ncnc65)O[C@@H]4COP(O)(=S)O[C@@H]2[C@H]3F)c(=O)[nH]1. The average molecular weight is 711 g/mol. The Kier molecular flexibility index (Phi) is 7.74. The van der Waals surface area contributed by atoms with Crippen LogP contribution in [-0.4, -0.2) is 98.8 Å². The molecular formula is C20H22F2N10O9P2S2. The van der Waals surface area contributed by atoms with E-state index in [2.05, 4.69) is 29.9 Å². The van der Waals surface area contributed by atoms with Crippen molar-refractivity contribution in [3.63, 3.8) is 0 Å². The number of nitrogen functional groups attached to an aromatic ring is 2. The number of hydrogen-bond acceptors (Lipinski definition) is 16. The fraction of sp³-hybridized carbons (Fsp3) is 0.500. The number of alkyl halides is 2. The number of ether oxygens (including phenoxy) is 2. The number of nitrogens with zero attached hydrogens (tertiary/aromatic N) is 7. The van der Waals surface area contributed by atoms with E-state index in [4.69, 9.17) is 62.6 Å². The molecule has 0 aromatic carbocycles. The van der Waals surface area contributed by atoms with Crippen molar-refractivity contribution in [3.8, 4) is 0 Å². The fourth-order valence-corrected chi connectivity index (χ4v) is 8.07. The van der Waals surface area contributed by atoms with Crippen molar-refractivity contribution in [1.29, 1.82) is 0 Å². The average Bonchev–Trinajstić information content (AvgIpc) is 3.72. The summed E-state index contributed by atoms with van der Waals surface area (Å²) in [5.41, 5.74) is 10.9. The van der Waals surface area contributed by atoms with Gasteiger partial charge in [0.05, 0.1) is 25.9 Å². The van der Waals surface area contributed by atoms with Crippen LogP contribution in [0, 0.1) is 0 Å². The number of aromatic nitrogens is 8. The van der Waals surface area contributed by atoms with Crippen LogP contribution in [0.25, 0.3) is 22.3 Å². The lowest BCUT2D eigenvalue weighted by molar-refractivity contribution is -0.0599. The van der Waals surface area contributed by atoms with E-state index >= 15 is 8.78 Å².